The second kappa shape index (κ2) is 9.62. The Morgan fingerprint density at radius 3 is 2.45 bits per heavy atom. The lowest BCUT2D eigenvalue weighted by atomic mass is 9.93. The van der Waals surface area contributed by atoms with Gasteiger partial charge in [-0.2, -0.15) is 9.97 Å². The third kappa shape index (κ3) is 5.43. The zero-order valence-corrected chi connectivity index (χ0v) is 19.9. The predicted molar refractivity (Wildman–Crippen MR) is 128 cm³/mol. The molecule has 1 saturated carbocycles. The highest BCUT2D eigenvalue weighted by Crippen LogP contribution is 2.27. The van der Waals surface area contributed by atoms with E-state index < -0.39 is 10.0 Å². The number of fused-ring (bicyclic) bond motifs is 1. The molecule has 4 rings (SSSR count). The molecule has 0 atom stereocenters. The summed E-state index contributed by atoms with van der Waals surface area (Å²) in [5.74, 6) is 1.04. The van der Waals surface area contributed by atoms with Crippen molar-refractivity contribution in [3.05, 3.63) is 30.6 Å². The number of anilines is 3. The van der Waals surface area contributed by atoms with Gasteiger partial charge in [0.25, 0.3) is 0 Å². The van der Waals surface area contributed by atoms with Gasteiger partial charge >= 0.3 is 0 Å². The Kier molecular flexibility index (Phi) is 6.82. The molecule has 178 valence electrons. The molecule has 3 aromatic rings. The van der Waals surface area contributed by atoms with Crippen LogP contribution in [-0.2, 0) is 16.6 Å². The third-order valence-corrected chi connectivity index (χ3v) is 7.33. The molecule has 2 aromatic heterocycles. The van der Waals surface area contributed by atoms with Crippen molar-refractivity contribution in [2.75, 3.05) is 10.6 Å². The summed E-state index contributed by atoms with van der Waals surface area (Å²) in [5, 5.41) is 16.4. The van der Waals surface area contributed by atoms with E-state index in [-0.39, 0.29) is 23.1 Å². The molecular weight excluding hydrogens is 442 g/mol. The SMILES string of the molecule is CCn1cnc2c(Nc3ccc(S(=O)(=O)NC(C)C)cc3)nc(NC3CCC(O)CC3)nc21. The van der Waals surface area contributed by atoms with Gasteiger partial charge in [0.1, 0.15) is 0 Å². The molecule has 11 heteroatoms. The zero-order chi connectivity index (χ0) is 23.6. The number of aliphatic hydroxyl groups excluding tert-OH is 1. The van der Waals surface area contributed by atoms with Crippen molar-refractivity contribution in [3.63, 3.8) is 0 Å². The molecule has 10 nitrogen and oxygen atoms in total. The van der Waals surface area contributed by atoms with Gasteiger partial charge in [0, 0.05) is 24.3 Å². The van der Waals surface area contributed by atoms with Crippen LogP contribution in [0.3, 0.4) is 0 Å². The third-order valence-electron chi connectivity index (χ3n) is 5.65. The molecule has 33 heavy (non-hydrogen) atoms. The summed E-state index contributed by atoms with van der Waals surface area (Å²) >= 11 is 0. The fourth-order valence-electron chi connectivity index (χ4n) is 3.96. The van der Waals surface area contributed by atoms with E-state index in [2.05, 4.69) is 30.3 Å². The summed E-state index contributed by atoms with van der Waals surface area (Å²) in [6, 6.07) is 6.54. The summed E-state index contributed by atoms with van der Waals surface area (Å²) < 4.78 is 29.3. The average Bonchev–Trinajstić information content (AvgIpc) is 3.18. The zero-order valence-electron chi connectivity index (χ0n) is 19.1. The number of rotatable bonds is 8. The van der Waals surface area contributed by atoms with E-state index in [0.717, 1.165) is 32.2 Å². The lowest BCUT2D eigenvalue weighted by Gasteiger charge is -2.26. The molecule has 0 radical (unpaired) electrons. The molecule has 0 saturated heterocycles. The van der Waals surface area contributed by atoms with Crippen LogP contribution in [0, 0.1) is 0 Å². The number of sulfonamides is 1. The minimum Gasteiger partial charge on any atom is -0.393 e. The van der Waals surface area contributed by atoms with Crippen LogP contribution in [0.1, 0.15) is 46.5 Å². The fourth-order valence-corrected chi connectivity index (χ4v) is 5.21. The average molecular weight is 474 g/mol. The Bertz CT molecular complexity index is 1200. The molecule has 1 fully saturated rings. The molecule has 0 unspecified atom stereocenters. The minimum atomic E-state index is -3.56. The van der Waals surface area contributed by atoms with Gasteiger partial charge in [-0.25, -0.2) is 18.1 Å². The quantitative estimate of drug-likeness (QED) is 0.392. The second-order valence-electron chi connectivity index (χ2n) is 8.67. The monoisotopic (exact) mass is 473 g/mol. The van der Waals surface area contributed by atoms with Gasteiger partial charge < -0.3 is 20.3 Å². The molecule has 2 heterocycles. The maximum Gasteiger partial charge on any atom is 0.240 e. The van der Waals surface area contributed by atoms with Gasteiger partial charge in [-0.05, 0) is 70.7 Å². The number of hydrogen-bond donors (Lipinski definition) is 4. The highest BCUT2D eigenvalue weighted by Gasteiger charge is 2.21. The van der Waals surface area contributed by atoms with Crippen LogP contribution in [0.25, 0.3) is 11.2 Å². The van der Waals surface area contributed by atoms with Gasteiger partial charge in [0.05, 0.1) is 17.3 Å². The number of imidazole rings is 1. The number of nitrogens with zero attached hydrogens (tertiary/aromatic N) is 4. The van der Waals surface area contributed by atoms with E-state index in [1.165, 1.54) is 0 Å². The van der Waals surface area contributed by atoms with Gasteiger partial charge in [-0.1, -0.05) is 0 Å². The van der Waals surface area contributed by atoms with Gasteiger partial charge in [0.15, 0.2) is 17.0 Å². The molecule has 1 aliphatic carbocycles. The molecule has 0 aliphatic heterocycles. The maximum absolute atomic E-state index is 12.4. The molecular formula is C22H31N7O3S. The van der Waals surface area contributed by atoms with E-state index in [1.807, 2.05) is 11.5 Å². The lowest BCUT2D eigenvalue weighted by molar-refractivity contribution is 0.126. The summed E-state index contributed by atoms with van der Waals surface area (Å²) in [5.41, 5.74) is 2.05. The Morgan fingerprint density at radius 1 is 1.12 bits per heavy atom. The van der Waals surface area contributed by atoms with Crippen molar-refractivity contribution in [1.29, 1.82) is 0 Å². The summed E-state index contributed by atoms with van der Waals surface area (Å²) in [7, 11) is -3.56. The van der Waals surface area contributed by atoms with E-state index in [9.17, 15) is 13.5 Å². The summed E-state index contributed by atoms with van der Waals surface area (Å²) in [4.78, 5) is 14.0. The van der Waals surface area contributed by atoms with Crippen LogP contribution < -0.4 is 15.4 Å². The van der Waals surface area contributed by atoms with Crippen molar-refractivity contribution >= 4 is 38.6 Å². The maximum atomic E-state index is 12.4. The van der Waals surface area contributed by atoms with Crippen molar-refractivity contribution in [1.82, 2.24) is 24.2 Å². The highest BCUT2D eigenvalue weighted by molar-refractivity contribution is 7.89. The highest BCUT2D eigenvalue weighted by atomic mass is 32.2. The summed E-state index contributed by atoms with van der Waals surface area (Å²) in [6.07, 6.45) is 4.75. The molecule has 0 bridgehead atoms. The first-order valence-corrected chi connectivity index (χ1v) is 12.8. The molecule has 1 aliphatic rings. The Balaban J connectivity index is 1.60. The van der Waals surface area contributed by atoms with Crippen molar-refractivity contribution in [2.24, 2.45) is 0 Å². The van der Waals surface area contributed by atoms with Gasteiger partial charge in [-0.15, -0.1) is 0 Å². The van der Waals surface area contributed by atoms with E-state index in [4.69, 9.17) is 0 Å². The number of nitrogens with one attached hydrogen (secondary N) is 3. The Morgan fingerprint density at radius 2 is 1.82 bits per heavy atom. The smallest absolute Gasteiger partial charge is 0.240 e. The fraction of sp³-hybridized carbons (Fsp3) is 0.500. The predicted octanol–water partition coefficient (Wildman–Crippen LogP) is 2.99. The first-order chi connectivity index (χ1) is 15.7. The second-order valence-corrected chi connectivity index (χ2v) is 10.4. The van der Waals surface area contributed by atoms with Crippen LogP contribution in [0.15, 0.2) is 35.5 Å². The van der Waals surface area contributed by atoms with E-state index in [1.54, 1.807) is 44.4 Å². The van der Waals surface area contributed by atoms with Crippen molar-refractivity contribution in [2.45, 2.75) is 76.1 Å². The van der Waals surface area contributed by atoms with Gasteiger partial charge in [-0.3, -0.25) is 0 Å². The first-order valence-electron chi connectivity index (χ1n) is 11.3. The topological polar surface area (TPSA) is 134 Å². The van der Waals surface area contributed by atoms with Crippen LogP contribution in [0.4, 0.5) is 17.5 Å². The normalized spacial score (nSPS) is 19.2. The number of aryl methyl sites for hydroxylation is 1. The minimum absolute atomic E-state index is 0.186. The largest absolute Gasteiger partial charge is 0.393 e. The number of aromatic nitrogens is 4. The number of hydrogen-bond acceptors (Lipinski definition) is 8. The van der Waals surface area contributed by atoms with Crippen LogP contribution in [-0.4, -0.2) is 51.2 Å². The number of aliphatic hydroxyl groups is 1. The van der Waals surface area contributed by atoms with Gasteiger partial charge in [0.2, 0.25) is 16.0 Å². The Labute approximate surface area is 193 Å². The standard InChI is InChI=1S/C22H31N7O3S/c1-4-29-13-23-19-20(24-15-7-11-18(12-8-15)33(31,32)28-14(2)3)26-22(27-21(19)29)25-16-5-9-17(30)10-6-16/h7-8,11-14,16-17,28,30H,4-6,9-10H2,1-3H3,(H2,24,25,26,27). The van der Waals surface area contributed by atoms with E-state index >= 15 is 0 Å². The van der Waals surface area contributed by atoms with Crippen LogP contribution in [0.5, 0.6) is 0 Å². The molecule has 0 spiro atoms. The number of benzene rings is 1. The summed E-state index contributed by atoms with van der Waals surface area (Å²) in [6.45, 7) is 6.31. The van der Waals surface area contributed by atoms with Crippen molar-refractivity contribution in [3.8, 4) is 0 Å². The lowest BCUT2D eigenvalue weighted by Crippen LogP contribution is -2.30. The van der Waals surface area contributed by atoms with Crippen LogP contribution >= 0.6 is 0 Å². The molecule has 1 aromatic carbocycles. The molecule has 4 N–H and O–H groups in total. The van der Waals surface area contributed by atoms with Crippen LogP contribution in [0.2, 0.25) is 0 Å². The van der Waals surface area contributed by atoms with E-state index in [0.29, 0.717) is 28.6 Å². The Hall–Kier alpha value is -2.76. The van der Waals surface area contributed by atoms with Crippen molar-refractivity contribution < 1.29 is 13.5 Å². The molecule has 0 amide bonds. The first kappa shape index (κ1) is 23.4.